The predicted octanol–water partition coefficient (Wildman–Crippen LogP) is 4.32. The number of rotatable bonds is 7. The molecule has 3 aromatic rings. The first-order valence-corrected chi connectivity index (χ1v) is 11.7. The first-order chi connectivity index (χ1) is 15.5. The van der Waals surface area contributed by atoms with Crippen LogP contribution in [0.1, 0.15) is 41.3 Å². The highest BCUT2D eigenvalue weighted by Crippen LogP contribution is 2.21. The molecule has 3 N–H and O–H groups in total. The molecule has 0 spiro atoms. The van der Waals surface area contributed by atoms with Gasteiger partial charge >= 0.3 is 0 Å². The molecule has 0 aliphatic carbocycles. The predicted molar refractivity (Wildman–Crippen MR) is 145 cm³/mol. The zero-order valence-corrected chi connectivity index (χ0v) is 22.5. The van der Waals surface area contributed by atoms with Gasteiger partial charge in [-0.1, -0.05) is 18.2 Å². The molecule has 2 aromatic heterocycles. The van der Waals surface area contributed by atoms with E-state index in [1.165, 1.54) is 34.9 Å². The highest BCUT2D eigenvalue weighted by atomic mass is 127. The van der Waals surface area contributed by atoms with E-state index in [1.54, 1.807) is 0 Å². The van der Waals surface area contributed by atoms with Crippen LogP contribution in [0.15, 0.2) is 33.8 Å². The molecule has 8 heteroatoms. The summed E-state index contributed by atoms with van der Waals surface area (Å²) in [5.74, 6) is 3.31. The number of hydrogen-bond acceptors (Lipinski definition) is 4. The Bertz CT molecular complexity index is 1040. The van der Waals surface area contributed by atoms with E-state index >= 15 is 0 Å². The number of aromatic amines is 1. The summed E-state index contributed by atoms with van der Waals surface area (Å²) in [7, 11) is 1.84. The molecular weight excluding hydrogens is 527 g/mol. The number of nitrogens with one attached hydrogen (secondary N) is 3. The zero-order valence-electron chi connectivity index (χ0n) is 20.2. The third kappa shape index (κ3) is 6.50. The molecule has 0 bridgehead atoms. The monoisotopic (exact) mass is 564 g/mol. The van der Waals surface area contributed by atoms with Crippen LogP contribution in [0.4, 0.5) is 0 Å². The molecule has 33 heavy (non-hydrogen) atoms. The third-order valence-corrected chi connectivity index (χ3v) is 6.62. The number of oxazole rings is 1. The van der Waals surface area contributed by atoms with Crippen LogP contribution < -0.4 is 10.6 Å². The quantitative estimate of drug-likeness (QED) is 0.226. The van der Waals surface area contributed by atoms with Crippen LogP contribution in [0.2, 0.25) is 0 Å². The van der Waals surface area contributed by atoms with Crippen molar-refractivity contribution < 1.29 is 4.42 Å². The normalized spacial score (nSPS) is 15.6. The molecule has 4 rings (SSSR count). The molecule has 0 saturated carbocycles. The number of hydrogen-bond donors (Lipinski definition) is 3. The third-order valence-electron chi connectivity index (χ3n) is 6.62. The Morgan fingerprint density at radius 3 is 2.70 bits per heavy atom. The van der Waals surface area contributed by atoms with Gasteiger partial charge in [0.1, 0.15) is 5.76 Å². The van der Waals surface area contributed by atoms with Gasteiger partial charge in [0.2, 0.25) is 5.89 Å². The number of piperidine rings is 1. The number of para-hydroxylation sites is 1. The second-order valence-electron chi connectivity index (χ2n) is 8.91. The van der Waals surface area contributed by atoms with Crippen LogP contribution in [0, 0.1) is 26.7 Å². The Kier molecular flexibility index (Phi) is 9.19. The summed E-state index contributed by atoms with van der Waals surface area (Å²) in [5.41, 5.74) is 4.87. The van der Waals surface area contributed by atoms with Crippen molar-refractivity contribution in [3.8, 4) is 0 Å². The van der Waals surface area contributed by atoms with Gasteiger partial charge in [0.25, 0.3) is 0 Å². The molecular formula is C25H37IN6O. The largest absolute Gasteiger partial charge is 0.444 e. The van der Waals surface area contributed by atoms with E-state index in [4.69, 9.17) is 4.42 Å². The number of guanidine groups is 1. The van der Waals surface area contributed by atoms with E-state index in [2.05, 4.69) is 61.8 Å². The van der Waals surface area contributed by atoms with E-state index in [0.29, 0.717) is 5.92 Å². The Morgan fingerprint density at radius 2 is 2.00 bits per heavy atom. The maximum atomic E-state index is 5.74. The highest BCUT2D eigenvalue weighted by molar-refractivity contribution is 14.0. The number of aryl methyl sites for hydroxylation is 3. The molecule has 1 aliphatic heterocycles. The second-order valence-corrected chi connectivity index (χ2v) is 8.91. The van der Waals surface area contributed by atoms with E-state index in [9.17, 15) is 0 Å². The summed E-state index contributed by atoms with van der Waals surface area (Å²) in [4.78, 5) is 14.8. The zero-order chi connectivity index (χ0) is 22.5. The molecule has 0 amide bonds. The van der Waals surface area contributed by atoms with Gasteiger partial charge < -0.3 is 20.0 Å². The summed E-state index contributed by atoms with van der Waals surface area (Å²) in [6, 6.07) is 6.46. The maximum absolute atomic E-state index is 5.74. The molecule has 0 radical (unpaired) electrons. The van der Waals surface area contributed by atoms with Gasteiger partial charge in [0, 0.05) is 37.2 Å². The number of likely N-dealkylation sites (tertiary alicyclic amines) is 1. The van der Waals surface area contributed by atoms with Crippen molar-refractivity contribution in [1.29, 1.82) is 0 Å². The van der Waals surface area contributed by atoms with Crippen molar-refractivity contribution >= 4 is 40.8 Å². The van der Waals surface area contributed by atoms with Crippen LogP contribution in [0.3, 0.4) is 0 Å². The standard InChI is InChI=1S/C25H36N6O.HI/c1-17-6-5-7-22-21(15-28-24(17)22)8-11-27-25(26-4)29-14-20-9-12-31(13-10-20)16-23-30-18(2)19(3)32-23;/h5-7,15,20,28H,8-14,16H2,1-4H3,(H2,26,27,29);1H. The van der Waals surface area contributed by atoms with Gasteiger partial charge in [-0.15, -0.1) is 24.0 Å². The highest BCUT2D eigenvalue weighted by Gasteiger charge is 2.21. The fourth-order valence-corrected chi connectivity index (χ4v) is 4.49. The average molecular weight is 565 g/mol. The average Bonchev–Trinajstić information content (AvgIpc) is 3.35. The van der Waals surface area contributed by atoms with E-state index in [1.807, 2.05) is 20.9 Å². The Hall–Kier alpha value is -2.07. The molecule has 3 heterocycles. The molecule has 180 valence electrons. The van der Waals surface area contributed by atoms with Gasteiger partial charge in [-0.25, -0.2) is 4.98 Å². The maximum Gasteiger partial charge on any atom is 0.208 e. The van der Waals surface area contributed by atoms with E-state index < -0.39 is 0 Å². The molecule has 0 atom stereocenters. The number of benzene rings is 1. The Labute approximate surface area is 213 Å². The summed E-state index contributed by atoms with van der Waals surface area (Å²) < 4.78 is 5.74. The van der Waals surface area contributed by atoms with Crippen molar-refractivity contribution in [2.45, 2.75) is 46.6 Å². The number of aliphatic imine (C=N–C) groups is 1. The van der Waals surface area contributed by atoms with Crippen LogP contribution in [0.5, 0.6) is 0 Å². The topological polar surface area (TPSA) is 81.5 Å². The van der Waals surface area contributed by atoms with E-state index in [0.717, 1.165) is 62.4 Å². The number of H-pyrrole nitrogens is 1. The van der Waals surface area contributed by atoms with Gasteiger partial charge in [-0.05, 0) is 70.2 Å². The fraction of sp³-hybridized carbons (Fsp3) is 0.520. The number of halogens is 1. The summed E-state index contributed by atoms with van der Waals surface area (Å²) >= 11 is 0. The lowest BCUT2D eigenvalue weighted by atomic mass is 9.97. The number of fused-ring (bicyclic) bond motifs is 1. The molecule has 1 fully saturated rings. The summed E-state index contributed by atoms with van der Waals surface area (Å²) in [6.45, 7) is 10.9. The minimum absolute atomic E-state index is 0. The van der Waals surface area contributed by atoms with Crippen LogP contribution in [-0.4, -0.2) is 54.1 Å². The Balaban J connectivity index is 0.00000306. The molecule has 1 aromatic carbocycles. The van der Waals surface area contributed by atoms with Gasteiger partial charge in [0.15, 0.2) is 5.96 Å². The molecule has 0 unspecified atom stereocenters. The lowest BCUT2D eigenvalue weighted by Crippen LogP contribution is -2.43. The summed E-state index contributed by atoms with van der Waals surface area (Å²) in [5, 5.41) is 8.31. The molecule has 7 nitrogen and oxygen atoms in total. The van der Waals surface area contributed by atoms with Crippen molar-refractivity contribution in [1.82, 2.24) is 25.5 Å². The number of nitrogens with zero attached hydrogens (tertiary/aromatic N) is 3. The minimum Gasteiger partial charge on any atom is -0.444 e. The van der Waals surface area contributed by atoms with Crippen molar-refractivity contribution in [3.05, 3.63) is 52.9 Å². The van der Waals surface area contributed by atoms with Crippen LogP contribution >= 0.6 is 24.0 Å². The minimum atomic E-state index is 0. The van der Waals surface area contributed by atoms with Crippen molar-refractivity contribution in [2.24, 2.45) is 10.9 Å². The SMILES string of the molecule is CN=C(NCCc1c[nH]c2c(C)cccc12)NCC1CCN(Cc2nc(C)c(C)o2)CC1.I. The van der Waals surface area contributed by atoms with Crippen LogP contribution in [0.25, 0.3) is 10.9 Å². The van der Waals surface area contributed by atoms with Crippen molar-refractivity contribution in [2.75, 3.05) is 33.2 Å². The van der Waals surface area contributed by atoms with Crippen LogP contribution in [-0.2, 0) is 13.0 Å². The lowest BCUT2D eigenvalue weighted by Gasteiger charge is -2.31. The number of aromatic nitrogens is 2. The van der Waals surface area contributed by atoms with Gasteiger partial charge in [0.05, 0.1) is 12.2 Å². The first-order valence-electron chi connectivity index (χ1n) is 11.7. The molecule has 1 aliphatic rings. The smallest absolute Gasteiger partial charge is 0.208 e. The molecule has 1 saturated heterocycles. The summed E-state index contributed by atoms with van der Waals surface area (Å²) in [6.07, 6.45) is 5.45. The van der Waals surface area contributed by atoms with Gasteiger partial charge in [-0.3, -0.25) is 9.89 Å². The van der Waals surface area contributed by atoms with Crippen molar-refractivity contribution in [3.63, 3.8) is 0 Å². The Morgan fingerprint density at radius 1 is 1.21 bits per heavy atom. The van der Waals surface area contributed by atoms with E-state index in [-0.39, 0.29) is 24.0 Å². The fourth-order valence-electron chi connectivity index (χ4n) is 4.49. The first kappa shape index (κ1) is 25.6. The second kappa shape index (κ2) is 11.9. The van der Waals surface area contributed by atoms with Gasteiger partial charge in [-0.2, -0.15) is 0 Å². The lowest BCUT2D eigenvalue weighted by molar-refractivity contribution is 0.164.